The largest absolute Gasteiger partial charge is 0.390 e. The number of nitrogens with zero attached hydrogens (tertiary/aromatic N) is 5. The SMILES string of the molecule is O=C(c1ccc(Cl)cc1)N1CCN([C@H]2CN(c3cnc4cc(Cl)ccc4n3)C[C@@H]2O)CC1. The molecule has 2 fully saturated rings. The molecule has 0 radical (unpaired) electrons. The van der Waals surface area contributed by atoms with Gasteiger partial charge < -0.3 is 14.9 Å². The van der Waals surface area contributed by atoms with E-state index in [4.69, 9.17) is 28.2 Å². The zero-order valence-electron chi connectivity index (χ0n) is 17.4. The first-order valence-electron chi connectivity index (χ1n) is 10.6. The Labute approximate surface area is 196 Å². The number of hydrogen-bond acceptors (Lipinski definition) is 6. The first-order chi connectivity index (χ1) is 15.5. The van der Waals surface area contributed by atoms with E-state index in [2.05, 4.69) is 14.8 Å². The predicted octanol–water partition coefficient (Wildman–Crippen LogP) is 2.94. The summed E-state index contributed by atoms with van der Waals surface area (Å²) < 4.78 is 0. The van der Waals surface area contributed by atoms with Gasteiger partial charge in [-0.05, 0) is 42.5 Å². The molecule has 166 valence electrons. The first-order valence-corrected chi connectivity index (χ1v) is 11.4. The van der Waals surface area contributed by atoms with E-state index < -0.39 is 6.10 Å². The summed E-state index contributed by atoms with van der Waals surface area (Å²) in [6.45, 7) is 3.86. The number of rotatable bonds is 3. The van der Waals surface area contributed by atoms with Crippen LogP contribution in [0.15, 0.2) is 48.7 Å². The van der Waals surface area contributed by atoms with Gasteiger partial charge in [-0.25, -0.2) is 4.98 Å². The summed E-state index contributed by atoms with van der Waals surface area (Å²) in [7, 11) is 0. The molecule has 1 aromatic heterocycles. The number of carbonyl (C=O) groups excluding carboxylic acids is 1. The van der Waals surface area contributed by atoms with E-state index in [9.17, 15) is 9.90 Å². The van der Waals surface area contributed by atoms with Crippen LogP contribution in [-0.2, 0) is 0 Å². The number of aliphatic hydroxyl groups excluding tert-OH is 1. The Bertz CT molecular complexity index is 1130. The fourth-order valence-corrected chi connectivity index (χ4v) is 4.77. The van der Waals surface area contributed by atoms with Gasteiger partial charge in [-0.1, -0.05) is 23.2 Å². The van der Waals surface area contributed by atoms with Gasteiger partial charge >= 0.3 is 0 Å². The van der Waals surface area contributed by atoms with Gasteiger partial charge in [0.25, 0.3) is 5.91 Å². The number of β-amino-alcohol motifs (C(OH)–C–C–N with tert-alkyl or cyclic N) is 1. The number of hydrogen-bond donors (Lipinski definition) is 1. The highest BCUT2D eigenvalue weighted by molar-refractivity contribution is 6.31. The van der Waals surface area contributed by atoms with Crippen molar-refractivity contribution in [2.24, 2.45) is 0 Å². The highest BCUT2D eigenvalue weighted by Gasteiger charge is 2.38. The Hall–Kier alpha value is -2.45. The monoisotopic (exact) mass is 471 g/mol. The fourth-order valence-electron chi connectivity index (χ4n) is 4.47. The van der Waals surface area contributed by atoms with Crippen LogP contribution in [-0.4, -0.2) is 82.2 Å². The van der Waals surface area contributed by atoms with Gasteiger partial charge in [0, 0.05) is 54.9 Å². The fraction of sp³-hybridized carbons (Fsp3) is 0.348. The first kappa shape index (κ1) is 21.4. The van der Waals surface area contributed by atoms with Crippen LogP contribution in [0.5, 0.6) is 0 Å². The zero-order chi connectivity index (χ0) is 22.2. The minimum absolute atomic E-state index is 0.00880. The van der Waals surface area contributed by atoms with Crippen molar-refractivity contribution in [3.05, 3.63) is 64.3 Å². The standard InChI is InChI=1S/C23H23Cl2N5O2/c24-16-3-1-15(2-4-16)23(32)29-9-7-28(8-10-29)20-13-30(14-21(20)31)22-12-26-19-11-17(25)5-6-18(19)27-22/h1-6,11-12,20-21,31H,7-10,13-14H2/t20-,21-/m0/s1. The molecular weight excluding hydrogens is 449 g/mol. The number of fused-ring (bicyclic) bond motifs is 1. The molecule has 2 atom stereocenters. The van der Waals surface area contributed by atoms with Crippen molar-refractivity contribution in [1.82, 2.24) is 19.8 Å². The van der Waals surface area contributed by atoms with Gasteiger partial charge in [-0.3, -0.25) is 14.7 Å². The molecule has 0 unspecified atom stereocenters. The minimum atomic E-state index is -0.490. The molecule has 7 nitrogen and oxygen atoms in total. The molecule has 2 aromatic carbocycles. The summed E-state index contributed by atoms with van der Waals surface area (Å²) in [6.07, 6.45) is 1.24. The summed E-state index contributed by atoms with van der Waals surface area (Å²) >= 11 is 12.0. The molecule has 0 bridgehead atoms. The number of benzene rings is 2. The lowest BCUT2D eigenvalue weighted by Gasteiger charge is -2.38. The van der Waals surface area contributed by atoms with Gasteiger partial charge in [0.2, 0.25) is 0 Å². The van der Waals surface area contributed by atoms with Crippen LogP contribution < -0.4 is 4.90 Å². The number of piperazine rings is 1. The Morgan fingerprint density at radius 3 is 2.41 bits per heavy atom. The molecule has 0 spiro atoms. The molecule has 2 aliphatic heterocycles. The third-order valence-corrected chi connectivity index (χ3v) is 6.72. The van der Waals surface area contributed by atoms with Crippen molar-refractivity contribution in [2.45, 2.75) is 12.1 Å². The third-order valence-electron chi connectivity index (χ3n) is 6.24. The number of anilines is 1. The quantitative estimate of drug-likeness (QED) is 0.632. The van der Waals surface area contributed by atoms with Crippen LogP contribution in [0.2, 0.25) is 10.0 Å². The molecule has 2 aliphatic rings. The lowest BCUT2D eigenvalue weighted by Crippen LogP contribution is -2.54. The van der Waals surface area contributed by atoms with E-state index >= 15 is 0 Å². The number of carbonyl (C=O) groups is 1. The Kier molecular flexibility index (Phi) is 5.90. The van der Waals surface area contributed by atoms with Crippen LogP contribution in [0.1, 0.15) is 10.4 Å². The van der Waals surface area contributed by atoms with Crippen molar-refractivity contribution in [1.29, 1.82) is 0 Å². The molecule has 9 heteroatoms. The lowest BCUT2D eigenvalue weighted by atomic mass is 10.1. The molecule has 3 heterocycles. The Morgan fingerprint density at radius 1 is 0.938 bits per heavy atom. The molecular formula is C23H23Cl2N5O2. The van der Waals surface area contributed by atoms with Gasteiger partial charge in [0.1, 0.15) is 5.82 Å². The van der Waals surface area contributed by atoms with Gasteiger partial charge in [0.15, 0.2) is 0 Å². The summed E-state index contributed by atoms with van der Waals surface area (Å²) in [5.74, 6) is 0.763. The average molecular weight is 472 g/mol. The minimum Gasteiger partial charge on any atom is -0.390 e. The molecule has 0 saturated carbocycles. The molecule has 5 rings (SSSR count). The van der Waals surface area contributed by atoms with E-state index in [1.165, 1.54) is 0 Å². The number of aromatic nitrogens is 2. The van der Waals surface area contributed by atoms with Crippen LogP contribution in [0.4, 0.5) is 5.82 Å². The van der Waals surface area contributed by atoms with Crippen molar-refractivity contribution < 1.29 is 9.90 Å². The number of halogens is 2. The maximum absolute atomic E-state index is 12.8. The van der Waals surface area contributed by atoms with Crippen LogP contribution in [0.25, 0.3) is 11.0 Å². The predicted molar refractivity (Wildman–Crippen MR) is 125 cm³/mol. The van der Waals surface area contributed by atoms with Gasteiger partial charge in [0.05, 0.1) is 29.4 Å². The van der Waals surface area contributed by atoms with Crippen LogP contribution in [0, 0.1) is 0 Å². The second-order valence-electron chi connectivity index (χ2n) is 8.24. The molecule has 3 aromatic rings. The van der Waals surface area contributed by atoms with Crippen LogP contribution >= 0.6 is 23.2 Å². The lowest BCUT2D eigenvalue weighted by molar-refractivity contribution is 0.0376. The Balaban J connectivity index is 1.22. The summed E-state index contributed by atoms with van der Waals surface area (Å²) in [6, 6.07) is 12.4. The maximum Gasteiger partial charge on any atom is 0.253 e. The third kappa shape index (κ3) is 4.26. The van der Waals surface area contributed by atoms with Crippen LogP contribution in [0.3, 0.4) is 0 Å². The van der Waals surface area contributed by atoms with Gasteiger partial charge in [-0.15, -0.1) is 0 Å². The maximum atomic E-state index is 12.8. The topological polar surface area (TPSA) is 72.8 Å². The average Bonchev–Trinajstić information content (AvgIpc) is 3.20. The highest BCUT2D eigenvalue weighted by Crippen LogP contribution is 2.25. The van der Waals surface area contributed by atoms with E-state index in [1.807, 2.05) is 11.0 Å². The smallest absolute Gasteiger partial charge is 0.253 e. The van der Waals surface area contributed by atoms with Gasteiger partial charge in [-0.2, -0.15) is 0 Å². The molecule has 0 aliphatic carbocycles. The van der Waals surface area contributed by atoms with E-state index in [0.29, 0.717) is 41.8 Å². The normalized spacial score (nSPS) is 22.0. The van der Waals surface area contributed by atoms with E-state index in [1.54, 1.807) is 42.6 Å². The second-order valence-corrected chi connectivity index (χ2v) is 9.11. The highest BCUT2D eigenvalue weighted by atomic mass is 35.5. The van der Waals surface area contributed by atoms with E-state index in [0.717, 1.165) is 29.9 Å². The van der Waals surface area contributed by atoms with Crippen molar-refractivity contribution in [3.8, 4) is 0 Å². The molecule has 2 saturated heterocycles. The van der Waals surface area contributed by atoms with E-state index in [-0.39, 0.29) is 11.9 Å². The Morgan fingerprint density at radius 2 is 1.66 bits per heavy atom. The molecule has 32 heavy (non-hydrogen) atoms. The van der Waals surface area contributed by atoms with Crippen molar-refractivity contribution in [2.75, 3.05) is 44.2 Å². The number of amides is 1. The summed E-state index contributed by atoms with van der Waals surface area (Å²) in [4.78, 5) is 28.1. The summed E-state index contributed by atoms with van der Waals surface area (Å²) in [5.41, 5.74) is 2.17. The summed E-state index contributed by atoms with van der Waals surface area (Å²) in [5, 5.41) is 12.0. The molecule has 1 N–H and O–H groups in total. The zero-order valence-corrected chi connectivity index (χ0v) is 18.9. The van der Waals surface area contributed by atoms with Crippen molar-refractivity contribution in [3.63, 3.8) is 0 Å². The number of aliphatic hydroxyl groups is 1. The second kappa shape index (κ2) is 8.83. The molecule has 1 amide bonds. The van der Waals surface area contributed by atoms with Crippen molar-refractivity contribution >= 4 is 46.0 Å².